The number of aliphatic hydroxyl groups excluding tert-OH is 2. The molecule has 0 saturated carbocycles. The van der Waals surface area contributed by atoms with Gasteiger partial charge in [-0.3, -0.25) is 4.57 Å². The molecule has 4 rings (SSSR count). The van der Waals surface area contributed by atoms with Crippen LogP contribution in [0.2, 0.25) is 0 Å². The molecule has 0 radical (unpaired) electrons. The van der Waals surface area contributed by atoms with Gasteiger partial charge in [-0.15, -0.1) is 23.1 Å². The van der Waals surface area contributed by atoms with Crippen LogP contribution in [0.4, 0.5) is 5.82 Å². The van der Waals surface area contributed by atoms with Crippen molar-refractivity contribution in [3.8, 4) is 0 Å². The summed E-state index contributed by atoms with van der Waals surface area (Å²) in [6.07, 6.45) is -0.503. The van der Waals surface area contributed by atoms with Gasteiger partial charge in [0.1, 0.15) is 24.1 Å². The summed E-state index contributed by atoms with van der Waals surface area (Å²) in [5.74, 6) is 0.801. The minimum Gasteiger partial charge on any atom is -0.387 e. The summed E-state index contributed by atoms with van der Waals surface area (Å²) in [4.78, 5) is 12.2. The molecule has 3 aromatic rings. The second kappa shape index (κ2) is 6.30. The Morgan fingerprint density at radius 3 is 2.96 bits per heavy atom. The minimum absolute atomic E-state index is 0.261. The van der Waals surface area contributed by atoms with Crippen LogP contribution in [0.5, 0.6) is 0 Å². The van der Waals surface area contributed by atoms with Crippen LogP contribution >= 0.6 is 23.1 Å². The quantitative estimate of drug-likeness (QED) is 0.583. The number of hydrogen-bond acceptors (Lipinski definition) is 9. The molecule has 10 heteroatoms. The van der Waals surface area contributed by atoms with Gasteiger partial charge in [-0.1, -0.05) is 6.07 Å². The molecule has 126 valence electrons. The molecule has 4 atom stereocenters. The number of nitrogens with two attached hydrogens (primary N) is 1. The van der Waals surface area contributed by atoms with Crippen molar-refractivity contribution in [2.75, 3.05) is 11.5 Å². The maximum absolute atomic E-state index is 10.4. The SMILES string of the molecule is Nc1ncnc2c1ncn2[C@@H]1O[C@H](CSc2cccs2)[C@@H](O)[C@H]1O. The first kappa shape index (κ1) is 15.8. The Labute approximate surface area is 145 Å². The van der Waals surface area contributed by atoms with Crippen LogP contribution in [0.25, 0.3) is 11.2 Å². The van der Waals surface area contributed by atoms with Crippen LogP contribution in [0.3, 0.4) is 0 Å². The number of hydrogen-bond donors (Lipinski definition) is 3. The van der Waals surface area contributed by atoms with E-state index in [1.165, 1.54) is 12.7 Å². The third kappa shape index (κ3) is 2.66. The number of rotatable bonds is 4. The second-order valence-electron chi connectivity index (χ2n) is 5.37. The molecule has 0 bridgehead atoms. The molecule has 4 heterocycles. The number of nitrogens with zero attached hydrogens (tertiary/aromatic N) is 4. The molecule has 1 aliphatic heterocycles. The van der Waals surface area contributed by atoms with Crippen LogP contribution < -0.4 is 5.73 Å². The number of nitrogen functional groups attached to an aromatic ring is 1. The fourth-order valence-electron chi connectivity index (χ4n) is 2.66. The predicted molar refractivity (Wildman–Crippen MR) is 90.7 cm³/mol. The van der Waals surface area contributed by atoms with Crippen molar-refractivity contribution in [1.82, 2.24) is 19.5 Å². The van der Waals surface area contributed by atoms with Crippen molar-refractivity contribution in [2.24, 2.45) is 0 Å². The van der Waals surface area contributed by atoms with E-state index >= 15 is 0 Å². The number of aromatic nitrogens is 4. The lowest BCUT2D eigenvalue weighted by Gasteiger charge is -2.16. The average Bonchev–Trinajstić information content (AvgIpc) is 3.28. The number of imidazole rings is 1. The Bertz CT molecular complexity index is 840. The summed E-state index contributed by atoms with van der Waals surface area (Å²) in [7, 11) is 0. The van der Waals surface area contributed by atoms with Crippen molar-refractivity contribution >= 4 is 40.1 Å². The summed E-state index contributed by atoms with van der Waals surface area (Å²) in [6, 6.07) is 3.98. The monoisotopic (exact) mass is 365 g/mol. The van der Waals surface area contributed by atoms with Crippen molar-refractivity contribution in [3.63, 3.8) is 0 Å². The Morgan fingerprint density at radius 1 is 1.29 bits per heavy atom. The first-order chi connectivity index (χ1) is 11.6. The van der Waals surface area contributed by atoms with Gasteiger partial charge in [0.15, 0.2) is 17.7 Å². The Morgan fingerprint density at radius 2 is 2.17 bits per heavy atom. The van der Waals surface area contributed by atoms with Gasteiger partial charge in [-0.25, -0.2) is 15.0 Å². The van der Waals surface area contributed by atoms with Gasteiger partial charge < -0.3 is 20.7 Å². The predicted octanol–water partition coefficient (Wildman–Crippen LogP) is 0.881. The van der Waals surface area contributed by atoms with Crippen LogP contribution in [-0.4, -0.2) is 53.8 Å². The van der Waals surface area contributed by atoms with Gasteiger partial charge in [0.2, 0.25) is 0 Å². The maximum atomic E-state index is 10.4. The van der Waals surface area contributed by atoms with E-state index in [1.807, 2.05) is 17.5 Å². The molecule has 1 saturated heterocycles. The normalized spacial score (nSPS) is 27.1. The summed E-state index contributed by atoms with van der Waals surface area (Å²) in [5.41, 5.74) is 6.68. The molecular weight excluding hydrogens is 350 g/mol. The van der Waals surface area contributed by atoms with Crippen LogP contribution in [-0.2, 0) is 4.74 Å². The molecule has 1 aliphatic rings. The largest absolute Gasteiger partial charge is 0.387 e. The average molecular weight is 365 g/mol. The standard InChI is InChI=1S/C14H15N5O3S2/c15-12-9-13(17-5-16-12)19(6-18-9)14-11(21)10(20)7(22-14)4-24-8-2-1-3-23-8/h1-3,5-7,10-11,14,20-21H,4H2,(H2,15,16,17)/t7-,10-,11-,14-/m1/s1. The topological polar surface area (TPSA) is 119 Å². The zero-order chi connectivity index (χ0) is 16.7. The molecular formula is C14H15N5O3S2. The van der Waals surface area contributed by atoms with E-state index in [0.717, 1.165) is 4.21 Å². The van der Waals surface area contributed by atoms with E-state index in [2.05, 4.69) is 15.0 Å². The highest BCUT2D eigenvalue weighted by atomic mass is 32.2. The molecule has 0 aromatic carbocycles. The lowest BCUT2D eigenvalue weighted by molar-refractivity contribution is -0.0288. The van der Waals surface area contributed by atoms with Gasteiger partial charge in [-0.05, 0) is 11.4 Å². The third-order valence-electron chi connectivity index (χ3n) is 3.88. The molecule has 8 nitrogen and oxygen atoms in total. The first-order valence-electron chi connectivity index (χ1n) is 7.26. The number of thiophene rings is 1. The zero-order valence-corrected chi connectivity index (χ0v) is 14.0. The molecule has 0 unspecified atom stereocenters. The molecule has 0 aliphatic carbocycles. The van der Waals surface area contributed by atoms with Gasteiger partial charge in [-0.2, -0.15) is 0 Å². The smallest absolute Gasteiger partial charge is 0.167 e. The molecule has 0 spiro atoms. The summed E-state index contributed by atoms with van der Waals surface area (Å²) in [6.45, 7) is 0. The Balaban J connectivity index is 1.56. The highest BCUT2D eigenvalue weighted by Gasteiger charge is 2.44. The van der Waals surface area contributed by atoms with Gasteiger partial charge >= 0.3 is 0 Å². The third-order valence-corrected chi connectivity index (χ3v) is 6.10. The minimum atomic E-state index is -1.08. The fraction of sp³-hybridized carbons (Fsp3) is 0.357. The molecule has 4 N–H and O–H groups in total. The fourth-order valence-corrected chi connectivity index (χ4v) is 4.53. The first-order valence-corrected chi connectivity index (χ1v) is 9.12. The highest BCUT2D eigenvalue weighted by Crippen LogP contribution is 2.35. The van der Waals surface area contributed by atoms with Crippen molar-refractivity contribution in [1.29, 1.82) is 0 Å². The van der Waals surface area contributed by atoms with Gasteiger partial charge in [0.25, 0.3) is 0 Å². The zero-order valence-electron chi connectivity index (χ0n) is 12.4. The summed E-state index contributed by atoms with van der Waals surface area (Å²) < 4.78 is 8.60. The van der Waals surface area contributed by atoms with E-state index in [-0.39, 0.29) is 5.82 Å². The van der Waals surface area contributed by atoms with E-state index in [9.17, 15) is 10.2 Å². The number of ether oxygens (including phenoxy) is 1. The van der Waals surface area contributed by atoms with Gasteiger partial charge in [0, 0.05) is 5.75 Å². The Kier molecular flexibility index (Phi) is 4.14. The second-order valence-corrected chi connectivity index (χ2v) is 7.64. The summed E-state index contributed by atoms with van der Waals surface area (Å²) >= 11 is 3.21. The van der Waals surface area contributed by atoms with E-state index < -0.39 is 24.5 Å². The lowest BCUT2D eigenvalue weighted by atomic mass is 10.1. The molecule has 0 amide bonds. The summed E-state index contributed by atoms with van der Waals surface area (Å²) in [5, 5.41) is 22.7. The van der Waals surface area contributed by atoms with E-state index in [1.54, 1.807) is 27.7 Å². The molecule has 3 aromatic heterocycles. The van der Waals surface area contributed by atoms with E-state index in [4.69, 9.17) is 10.5 Å². The van der Waals surface area contributed by atoms with Crippen LogP contribution in [0.15, 0.2) is 34.4 Å². The lowest BCUT2D eigenvalue weighted by Crippen LogP contribution is -2.32. The van der Waals surface area contributed by atoms with E-state index in [0.29, 0.717) is 16.9 Å². The van der Waals surface area contributed by atoms with Gasteiger partial charge in [0.05, 0.1) is 16.6 Å². The number of fused-ring (bicyclic) bond motifs is 1. The highest BCUT2D eigenvalue weighted by molar-refractivity contribution is 8.01. The molecule has 1 fully saturated rings. The maximum Gasteiger partial charge on any atom is 0.167 e. The van der Waals surface area contributed by atoms with Crippen LogP contribution in [0, 0.1) is 0 Å². The van der Waals surface area contributed by atoms with Crippen LogP contribution in [0.1, 0.15) is 6.23 Å². The van der Waals surface area contributed by atoms with Crippen molar-refractivity contribution < 1.29 is 14.9 Å². The number of thioether (sulfide) groups is 1. The van der Waals surface area contributed by atoms with Crippen molar-refractivity contribution in [2.45, 2.75) is 28.7 Å². The van der Waals surface area contributed by atoms with Crippen molar-refractivity contribution in [3.05, 3.63) is 30.2 Å². The number of aliphatic hydroxyl groups is 2. The number of anilines is 1. The Hall–Kier alpha value is -1.72. The molecule has 24 heavy (non-hydrogen) atoms.